The van der Waals surface area contributed by atoms with E-state index in [2.05, 4.69) is 14.7 Å². The van der Waals surface area contributed by atoms with Gasteiger partial charge in [0.15, 0.2) is 0 Å². The van der Waals surface area contributed by atoms with Gasteiger partial charge in [-0.3, -0.25) is 0 Å². The Balaban J connectivity index is 2.50. The van der Waals surface area contributed by atoms with Crippen molar-refractivity contribution in [3.8, 4) is 0 Å². The van der Waals surface area contributed by atoms with E-state index in [-0.39, 0.29) is 12.6 Å². The van der Waals surface area contributed by atoms with Crippen LogP contribution < -0.4 is 5.32 Å². The fourth-order valence-corrected chi connectivity index (χ4v) is 1.46. The van der Waals surface area contributed by atoms with Crippen molar-refractivity contribution in [1.29, 1.82) is 0 Å². The highest BCUT2D eigenvalue weighted by atomic mass is 32.1. The van der Waals surface area contributed by atoms with E-state index in [0.29, 0.717) is 0 Å². The molecular formula is C7H13N3OS. The lowest BCUT2D eigenvalue weighted by Crippen LogP contribution is -2.22. The quantitative estimate of drug-likeness (QED) is 0.739. The molecule has 0 bridgehead atoms. The highest BCUT2D eigenvalue weighted by Gasteiger charge is 2.06. The van der Waals surface area contributed by atoms with Crippen LogP contribution in [0.2, 0.25) is 0 Å². The van der Waals surface area contributed by atoms with Crippen molar-refractivity contribution in [2.45, 2.75) is 26.3 Å². The number of aliphatic hydroxyl groups excluding tert-OH is 1. The molecule has 5 heteroatoms. The first-order valence-corrected chi connectivity index (χ1v) is 4.71. The van der Waals surface area contributed by atoms with Crippen LogP contribution in [0.4, 0.5) is 5.13 Å². The zero-order valence-corrected chi connectivity index (χ0v) is 8.06. The lowest BCUT2D eigenvalue weighted by Gasteiger charge is -2.11. The maximum absolute atomic E-state index is 8.89. The molecule has 4 nitrogen and oxygen atoms in total. The lowest BCUT2D eigenvalue weighted by atomic mass is 10.2. The predicted molar refractivity (Wildman–Crippen MR) is 49.4 cm³/mol. The smallest absolute Gasteiger partial charge is 0.202 e. The van der Waals surface area contributed by atoms with Crippen LogP contribution >= 0.6 is 11.5 Å². The molecule has 0 saturated heterocycles. The number of anilines is 1. The van der Waals surface area contributed by atoms with Gasteiger partial charge in [0, 0.05) is 11.5 Å². The SMILES string of the molecule is CCC(CO)Nc1nc(C)ns1. The average Bonchev–Trinajstić information content (AvgIpc) is 2.47. The molecule has 0 spiro atoms. The predicted octanol–water partition coefficient (Wildman–Crippen LogP) is 1.03. The van der Waals surface area contributed by atoms with Gasteiger partial charge in [-0.1, -0.05) is 6.92 Å². The van der Waals surface area contributed by atoms with Crippen molar-refractivity contribution in [3.63, 3.8) is 0 Å². The van der Waals surface area contributed by atoms with Gasteiger partial charge in [-0.2, -0.15) is 4.37 Å². The number of hydrogen-bond donors (Lipinski definition) is 2. The van der Waals surface area contributed by atoms with Crippen LogP contribution in [0, 0.1) is 6.92 Å². The molecule has 1 atom stereocenters. The van der Waals surface area contributed by atoms with Crippen molar-refractivity contribution in [2.75, 3.05) is 11.9 Å². The van der Waals surface area contributed by atoms with Crippen molar-refractivity contribution in [2.24, 2.45) is 0 Å². The molecule has 0 aliphatic carbocycles. The third-order valence-electron chi connectivity index (χ3n) is 1.57. The summed E-state index contributed by atoms with van der Waals surface area (Å²) in [5.41, 5.74) is 0. The second-order valence-corrected chi connectivity index (χ2v) is 3.33. The maximum atomic E-state index is 8.89. The monoisotopic (exact) mass is 187 g/mol. The zero-order chi connectivity index (χ0) is 8.97. The Morgan fingerprint density at radius 1 is 1.67 bits per heavy atom. The second-order valence-electron chi connectivity index (χ2n) is 2.58. The van der Waals surface area contributed by atoms with Crippen LogP contribution in [-0.4, -0.2) is 27.1 Å². The molecular weight excluding hydrogens is 174 g/mol. The minimum absolute atomic E-state index is 0.0948. The molecule has 0 aromatic carbocycles. The Morgan fingerprint density at radius 3 is 2.83 bits per heavy atom. The molecule has 0 fully saturated rings. The van der Waals surface area contributed by atoms with Gasteiger partial charge in [0.25, 0.3) is 0 Å². The molecule has 0 radical (unpaired) electrons. The Hall–Kier alpha value is -0.680. The number of rotatable bonds is 4. The molecule has 1 aromatic rings. The number of nitrogens with zero attached hydrogens (tertiary/aromatic N) is 2. The van der Waals surface area contributed by atoms with Crippen molar-refractivity contribution < 1.29 is 5.11 Å². The molecule has 0 aliphatic rings. The van der Waals surface area contributed by atoms with Crippen LogP contribution in [-0.2, 0) is 0 Å². The van der Waals surface area contributed by atoms with E-state index in [4.69, 9.17) is 5.11 Å². The molecule has 1 heterocycles. The minimum atomic E-state index is 0.0948. The summed E-state index contributed by atoms with van der Waals surface area (Å²) in [6.45, 7) is 4.00. The Morgan fingerprint density at radius 2 is 2.42 bits per heavy atom. The summed E-state index contributed by atoms with van der Waals surface area (Å²) >= 11 is 1.33. The van der Waals surface area contributed by atoms with Crippen LogP contribution in [0.25, 0.3) is 0 Å². The van der Waals surface area contributed by atoms with Gasteiger partial charge in [0.1, 0.15) is 5.82 Å². The molecule has 1 unspecified atom stereocenters. The third kappa shape index (κ3) is 2.42. The van der Waals surface area contributed by atoms with Gasteiger partial charge in [-0.25, -0.2) is 4.98 Å². The average molecular weight is 187 g/mol. The molecule has 68 valence electrons. The number of aryl methyl sites for hydroxylation is 1. The van der Waals surface area contributed by atoms with E-state index >= 15 is 0 Å². The molecule has 12 heavy (non-hydrogen) atoms. The summed E-state index contributed by atoms with van der Waals surface area (Å²) in [5, 5.41) is 12.8. The second kappa shape index (κ2) is 4.37. The summed E-state index contributed by atoms with van der Waals surface area (Å²) in [4.78, 5) is 4.13. The molecule has 2 N–H and O–H groups in total. The summed E-state index contributed by atoms with van der Waals surface area (Å²) in [5.74, 6) is 0.773. The Bertz CT molecular complexity index is 234. The largest absolute Gasteiger partial charge is 0.394 e. The highest BCUT2D eigenvalue weighted by molar-refractivity contribution is 7.09. The van der Waals surface area contributed by atoms with Gasteiger partial charge in [-0.05, 0) is 13.3 Å². The molecule has 1 rings (SSSR count). The van der Waals surface area contributed by atoms with Crippen LogP contribution in [0.15, 0.2) is 0 Å². The van der Waals surface area contributed by atoms with Crippen molar-refractivity contribution >= 4 is 16.7 Å². The normalized spacial score (nSPS) is 12.9. The van der Waals surface area contributed by atoms with E-state index < -0.39 is 0 Å². The summed E-state index contributed by atoms with van der Waals surface area (Å²) < 4.78 is 4.02. The Kier molecular flexibility index (Phi) is 3.43. The highest BCUT2D eigenvalue weighted by Crippen LogP contribution is 2.12. The standard InChI is InChI=1S/C7H13N3OS/c1-3-6(4-11)9-7-8-5(2)10-12-7/h6,11H,3-4H2,1-2H3,(H,8,9,10). The van der Waals surface area contributed by atoms with Gasteiger partial charge < -0.3 is 10.4 Å². The number of aliphatic hydroxyl groups is 1. The van der Waals surface area contributed by atoms with E-state index in [0.717, 1.165) is 17.4 Å². The Labute approximate surface area is 75.8 Å². The van der Waals surface area contributed by atoms with Gasteiger partial charge in [-0.15, -0.1) is 0 Å². The number of nitrogens with one attached hydrogen (secondary N) is 1. The van der Waals surface area contributed by atoms with E-state index in [1.54, 1.807) is 0 Å². The number of aromatic nitrogens is 2. The van der Waals surface area contributed by atoms with Gasteiger partial charge in [0.05, 0.1) is 12.6 Å². The summed E-state index contributed by atoms with van der Waals surface area (Å²) in [6, 6.07) is 0.0948. The van der Waals surface area contributed by atoms with Gasteiger partial charge >= 0.3 is 0 Å². The minimum Gasteiger partial charge on any atom is -0.394 e. The van der Waals surface area contributed by atoms with E-state index in [9.17, 15) is 0 Å². The van der Waals surface area contributed by atoms with Crippen molar-refractivity contribution in [1.82, 2.24) is 9.36 Å². The van der Waals surface area contributed by atoms with E-state index in [1.807, 2.05) is 13.8 Å². The molecule has 0 aliphatic heterocycles. The van der Waals surface area contributed by atoms with Crippen LogP contribution in [0.5, 0.6) is 0 Å². The summed E-state index contributed by atoms with van der Waals surface area (Å²) in [6.07, 6.45) is 0.884. The summed E-state index contributed by atoms with van der Waals surface area (Å²) in [7, 11) is 0. The first kappa shape index (κ1) is 9.41. The third-order valence-corrected chi connectivity index (χ3v) is 2.31. The maximum Gasteiger partial charge on any atom is 0.202 e. The lowest BCUT2D eigenvalue weighted by molar-refractivity contribution is 0.272. The molecule has 0 saturated carbocycles. The van der Waals surface area contributed by atoms with Crippen LogP contribution in [0.1, 0.15) is 19.2 Å². The van der Waals surface area contributed by atoms with E-state index in [1.165, 1.54) is 11.5 Å². The topological polar surface area (TPSA) is 58.0 Å². The zero-order valence-electron chi connectivity index (χ0n) is 7.24. The first-order valence-electron chi connectivity index (χ1n) is 3.94. The fourth-order valence-electron chi connectivity index (χ4n) is 0.807. The van der Waals surface area contributed by atoms with Crippen molar-refractivity contribution in [3.05, 3.63) is 5.82 Å². The van der Waals surface area contributed by atoms with Gasteiger partial charge in [0.2, 0.25) is 5.13 Å². The van der Waals surface area contributed by atoms with Crippen LogP contribution in [0.3, 0.4) is 0 Å². The first-order chi connectivity index (χ1) is 5.76. The molecule has 0 amide bonds. The molecule has 1 aromatic heterocycles. The number of hydrogen-bond acceptors (Lipinski definition) is 5. The fraction of sp³-hybridized carbons (Fsp3) is 0.714.